The number of carbonyl (C=O) groups is 3. The Kier molecular flexibility index (Phi) is 5.08. The summed E-state index contributed by atoms with van der Waals surface area (Å²) in [6.07, 6.45) is 0.577. The molecule has 4 amide bonds. The molecule has 0 saturated carbocycles. The van der Waals surface area contributed by atoms with Crippen molar-refractivity contribution in [2.24, 2.45) is 0 Å². The smallest absolute Gasteiger partial charge is 0.316 e. The molecule has 3 heterocycles. The quantitative estimate of drug-likeness (QED) is 0.584. The number of rotatable bonds is 7. The summed E-state index contributed by atoms with van der Waals surface area (Å²) < 4.78 is 0. The lowest BCUT2D eigenvalue weighted by molar-refractivity contribution is -0.901. The minimum atomic E-state index is -0.726. The van der Waals surface area contributed by atoms with Gasteiger partial charge in [-0.2, -0.15) is 11.3 Å². The van der Waals surface area contributed by atoms with Crippen molar-refractivity contribution in [1.29, 1.82) is 0 Å². The van der Waals surface area contributed by atoms with E-state index in [2.05, 4.69) is 0 Å². The molecule has 1 atom stereocenters. The van der Waals surface area contributed by atoms with Crippen molar-refractivity contribution in [3.8, 4) is 0 Å². The van der Waals surface area contributed by atoms with Gasteiger partial charge >= 0.3 is 17.8 Å². The van der Waals surface area contributed by atoms with Crippen LogP contribution in [0.25, 0.3) is 0 Å². The summed E-state index contributed by atoms with van der Waals surface area (Å²) in [5.74, 6) is -1.45. The number of nitrogens with one attached hydrogen (secondary N) is 1. The van der Waals surface area contributed by atoms with E-state index in [1.165, 1.54) is 0 Å². The molecule has 126 valence electrons. The third-order valence-electron chi connectivity index (χ3n) is 3.81. The SMILES string of the molecule is C[NH+](Cc1ccsc1)CN1C(=O)C(=O)N(CCc2cccs2)C1=O. The molecule has 0 spiro atoms. The molecule has 0 aromatic carbocycles. The zero-order valence-electron chi connectivity index (χ0n) is 13.2. The number of hydrogen-bond donors (Lipinski definition) is 1. The molecule has 1 N–H and O–H groups in total. The van der Waals surface area contributed by atoms with Gasteiger partial charge in [-0.15, -0.1) is 11.3 Å². The van der Waals surface area contributed by atoms with Crippen molar-refractivity contribution < 1.29 is 19.3 Å². The van der Waals surface area contributed by atoms with Crippen LogP contribution in [0.15, 0.2) is 34.3 Å². The molecule has 1 saturated heterocycles. The second-order valence-corrected chi connectivity index (χ2v) is 7.54. The van der Waals surface area contributed by atoms with Crippen molar-refractivity contribution in [3.63, 3.8) is 0 Å². The molecule has 1 unspecified atom stereocenters. The minimum absolute atomic E-state index is 0.189. The van der Waals surface area contributed by atoms with E-state index in [1.54, 1.807) is 22.7 Å². The third-order valence-corrected chi connectivity index (χ3v) is 5.48. The van der Waals surface area contributed by atoms with Crippen molar-refractivity contribution in [1.82, 2.24) is 9.80 Å². The van der Waals surface area contributed by atoms with Gasteiger partial charge in [-0.05, 0) is 28.3 Å². The Balaban J connectivity index is 1.60. The Morgan fingerprint density at radius 1 is 1.08 bits per heavy atom. The van der Waals surface area contributed by atoms with Crippen molar-refractivity contribution in [3.05, 3.63) is 44.8 Å². The van der Waals surface area contributed by atoms with Gasteiger partial charge in [-0.25, -0.2) is 9.69 Å². The van der Waals surface area contributed by atoms with Crippen molar-refractivity contribution >= 4 is 40.5 Å². The zero-order valence-corrected chi connectivity index (χ0v) is 14.9. The minimum Gasteiger partial charge on any atom is -0.316 e. The van der Waals surface area contributed by atoms with Crippen LogP contribution in [0.4, 0.5) is 4.79 Å². The van der Waals surface area contributed by atoms with E-state index < -0.39 is 17.8 Å². The van der Waals surface area contributed by atoms with E-state index in [9.17, 15) is 14.4 Å². The number of amides is 4. The number of urea groups is 1. The monoisotopic (exact) mass is 364 g/mol. The lowest BCUT2D eigenvalue weighted by Crippen LogP contribution is -3.09. The van der Waals surface area contributed by atoms with Crippen LogP contribution in [-0.4, -0.2) is 47.9 Å². The maximum atomic E-state index is 12.4. The molecule has 0 radical (unpaired) electrons. The van der Waals surface area contributed by atoms with Gasteiger partial charge in [-0.1, -0.05) is 6.07 Å². The van der Waals surface area contributed by atoms with Crippen LogP contribution >= 0.6 is 22.7 Å². The molecule has 1 aliphatic rings. The summed E-state index contributed by atoms with van der Waals surface area (Å²) in [4.78, 5) is 40.8. The van der Waals surface area contributed by atoms with Crippen LogP contribution in [0, 0.1) is 0 Å². The predicted octanol–water partition coefficient (Wildman–Crippen LogP) is 0.815. The lowest BCUT2D eigenvalue weighted by atomic mass is 10.3. The second kappa shape index (κ2) is 7.25. The summed E-state index contributed by atoms with van der Waals surface area (Å²) in [7, 11) is 1.90. The first-order valence-corrected chi connectivity index (χ1v) is 9.40. The Labute approximate surface area is 147 Å². The Morgan fingerprint density at radius 3 is 2.54 bits per heavy atom. The first-order chi connectivity index (χ1) is 11.6. The maximum Gasteiger partial charge on any atom is 0.338 e. The van der Waals surface area contributed by atoms with E-state index in [0.717, 1.165) is 25.1 Å². The average Bonchev–Trinajstić information content (AvgIpc) is 3.28. The molecular weight excluding hydrogens is 346 g/mol. The van der Waals surface area contributed by atoms with Crippen LogP contribution in [0.1, 0.15) is 10.4 Å². The van der Waals surface area contributed by atoms with E-state index >= 15 is 0 Å². The third kappa shape index (κ3) is 3.55. The Hall–Kier alpha value is -2.03. The van der Waals surface area contributed by atoms with Crippen LogP contribution in [0.5, 0.6) is 0 Å². The zero-order chi connectivity index (χ0) is 17.1. The first-order valence-electron chi connectivity index (χ1n) is 7.58. The highest BCUT2D eigenvalue weighted by Gasteiger charge is 2.45. The molecule has 3 rings (SSSR count). The molecule has 0 bridgehead atoms. The topological polar surface area (TPSA) is 62.1 Å². The van der Waals surface area contributed by atoms with Gasteiger partial charge in [-0.3, -0.25) is 14.5 Å². The molecule has 24 heavy (non-hydrogen) atoms. The number of imide groups is 2. The van der Waals surface area contributed by atoms with Crippen molar-refractivity contribution in [2.45, 2.75) is 13.0 Å². The average molecular weight is 364 g/mol. The maximum absolute atomic E-state index is 12.4. The van der Waals surface area contributed by atoms with Gasteiger partial charge in [0.1, 0.15) is 6.54 Å². The number of quaternary nitrogens is 1. The highest BCUT2D eigenvalue weighted by Crippen LogP contribution is 2.14. The highest BCUT2D eigenvalue weighted by molar-refractivity contribution is 7.09. The predicted molar refractivity (Wildman–Crippen MR) is 91.8 cm³/mol. The first kappa shape index (κ1) is 16.8. The van der Waals surface area contributed by atoms with Crippen molar-refractivity contribution in [2.75, 3.05) is 20.3 Å². The molecule has 1 aliphatic heterocycles. The molecular formula is C16H18N3O3S2+. The number of carbonyl (C=O) groups excluding carboxylic acids is 3. The fourth-order valence-electron chi connectivity index (χ4n) is 2.63. The molecule has 1 fully saturated rings. The molecule has 0 aliphatic carbocycles. The number of thiophene rings is 2. The van der Waals surface area contributed by atoms with E-state index in [1.807, 2.05) is 41.4 Å². The Morgan fingerprint density at radius 2 is 1.88 bits per heavy atom. The summed E-state index contributed by atoms with van der Waals surface area (Å²) in [5, 5.41) is 5.98. The van der Waals surface area contributed by atoms with Crippen LogP contribution < -0.4 is 4.90 Å². The molecule has 2 aromatic heterocycles. The van der Waals surface area contributed by atoms with Crippen LogP contribution in [-0.2, 0) is 22.6 Å². The van der Waals surface area contributed by atoms with Crippen LogP contribution in [0.2, 0.25) is 0 Å². The van der Waals surface area contributed by atoms with Gasteiger partial charge < -0.3 is 4.90 Å². The van der Waals surface area contributed by atoms with E-state index in [-0.39, 0.29) is 13.2 Å². The summed E-state index contributed by atoms with van der Waals surface area (Å²) in [6.45, 7) is 1.13. The summed E-state index contributed by atoms with van der Waals surface area (Å²) in [6, 6.07) is 5.38. The van der Waals surface area contributed by atoms with E-state index in [0.29, 0.717) is 13.0 Å². The second-order valence-electron chi connectivity index (χ2n) is 5.73. The molecule has 2 aromatic rings. The largest absolute Gasteiger partial charge is 0.338 e. The normalized spacial score (nSPS) is 16.3. The van der Waals surface area contributed by atoms with Gasteiger partial charge in [0.05, 0.1) is 7.05 Å². The lowest BCUT2D eigenvalue weighted by Gasteiger charge is -2.19. The number of hydrogen-bond acceptors (Lipinski definition) is 5. The Bertz CT molecular complexity index is 728. The van der Waals surface area contributed by atoms with E-state index in [4.69, 9.17) is 0 Å². The molecule has 6 nitrogen and oxygen atoms in total. The highest BCUT2D eigenvalue weighted by atomic mass is 32.1. The van der Waals surface area contributed by atoms with Gasteiger partial charge in [0.15, 0.2) is 6.67 Å². The number of nitrogens with zero attached hydrogens (tertiary/aromatic N) is 2. The standard InChI is InChI=1S/C16H17N3O3S2/c1-17(9-12-5-8-23-10-12)11-19-15(21)14(20)18(16(19)22)6-4-13-3-2-7-24-13/h2-3,5,7-8,10H,4,6,9,11H2,1H3/p+1. The van der Waals surface area contributed by atoms with Crippen LogP contribution in [0.3, 0.4) is 0 Å². The fraction of sp³-hybridized carbons (Fsp3) is 0.312. The summed E-state index contributed by atoms with van der Waals surface area (Å²) in [5.41, 5.74) is 1.15. The fourth-order valence-corrected chi connectivity index (χ4v) is 4.00. The van der Waals surface area contributed by atoms with Gasteiger partial charge in [0, 0.05) is 23.4 Å². The van der Waals surface area contributed by atoms with Gasteiger partial charge in [0.2, 0.25) is 0 Å². The van der Waals surface area contributed by atoms with Gasteiger partial charge in [0.25, 0.3) is 0 Å². The molecule has 8 heteroatoms. The summed E-state index contributed by atoms with van der Waals surface area (Å²) >= 11 is 3.18.